The molecule has 1 atom stereocenters. The van der Waals surface area contributed by atoms with E-state index >= 15 is 0 Å². The maximum absolute atomic E-state index is 12.7. The molecule has 108 valence electrons. The van der Waals surface area contributed by atoms with Gasteiger partial charge in [-0.1, -0.05) is 29.5 Å². The summed E-state index contributed by atoms with van der Waals surface area (Å²) in [5, 5.41) is 9.65. The van der Waals surface area contributed by atoms with E-state index in [1.54, 1.807) is 31.2 Å². The van der Waals surface area contributed by atoms with E-state index in [0.29, 0.717) is 27.0 Å². The normalized spacial score (nSPS) is 16.8. The van der Waals surface area contributed by atoms with Crippen LogP contribution < -0.4 is 10.6 Å². The van der Waals surface area contributed by atoms with Gasteiger partial charge in [0.2, 0.25) is 0 Å². The number of benzene rings is 1. The van der Waals surface area contributed by atoms with Gasteiger partial charge in [0.1, 0.15) is 10.8 Å². The van der Waals surface area contributed by atoms with Crippen LogP contribution in [0.15, 0.2) is 24.3 Å². The molecule has 0 fully saturated rings. The molecule has 0 saturated carbocycles. The number of anilines is 2. The Labute approximate surface area is 124 Å². The van der Waals surface area contributed by atoms with Crippen LogP contribution in [0.1, 0.15) is 26.8 Å². The van der Waals surface area contributed by atoms with Crippen molar-refractivity contribution in [1.29, 1.82) is 0 Å². The fourth-order valence-electron chi connectivity index (χ4n) is 2.55. The highest BCUT2D eigenvalue weighted by Gasteiger charge is 2.37. The molecule has 1 aromatic carbocycles. The molecular formula is C14H13N3O3S. The first-order valence-electron chi connectivity index (χ1n) is 6.35. The molecule has 0 aliphatic carbocycles. The van der Waals surface area contributed by atoms with Gasteiger partial charge in [-0.3, -0.25) is 9.59 Å². The van der Waals surface area contributed by atoms with Crippen molar-refractivity contribution < 1.29 is 14.7 Å². The molecule has 1 aliphatic heterocycles. The van der Waals surface area contributed by atoms with Crippen molar-refractivity contribution in [3.05, 3.63) is 40.4 Å². The fraction of sp³-hybridized carbons (Fsp3) is 0.214. The van der Waals surface area contributed by atoms with E-state index in [1.807, 2.05) is 0 Å². The minimum Gasteiger partial charge on any atom is -0.481 e. The number of nitrogen functional groups attached to an aromatic ring is 1. The first-order valence-corrected chi connectivity index (χ1v) is 7.17. The molecule has 3 rings (SSSR count). The highest BCUT2D eigenvalue weighted by Crippen LogP contribution is 2.38. The Morgan fingerprint density at radius 3 is 2.76 bits per heavy atom. The molecule has 2 heterocycles. The number of nitrogens with two attached hydrogens (primary N) is 1. The van der Waals surface area contributed by atoms with E-state index in [9.17, 15) is 14.7 Å². The number of hydrogen-bond donors (Lipinski definition) is 2. The third-order valence-electron chi connectivity index (χ3n) is 3.52. The van der Waals surface area contributed by atoms with E-state index < -0.39 is 11.9 Å². The lowest BCUT2D eigenvalue weighted by Crippen LogP contribution is -2.31. The van der Waals surface area contributed by atoms with Gasteiger partial charge in [0.25, 0.3) is 5.91 Å². The maximum atomic E-state index is 12.7. The fourth-order valence-corrected chi connectivity index (χ4v) is 3.33. The number of nitrogens with zero attached hydrogens (tertiary/aromatic N) is 2. The Balaban J connectivity index is 2.02. The largest absolute Gasteiger partial charge is 0.481 e. The van der Waals surface area contributed by atoms with Gasteiger partial charge in [-0.25, -0.2) is 4.98 Å². The van der Waals surface area contributed by atoms with Gasteiger partial charge < -0.3 is 15.7 Å². The number of carbonyl (C=O) groups excluding carboxylic acids is 1. The average molecular weight is 303 g/mol. The Morgan fingerprint density at radius 1 is 1.43 bits per heavy atom. The van der Waals surface area contributed by atoms with E-state index in [1.165, 1.54) is 4.90 Å². The molecule has 2 aromatic rings. The molecule has 3 N–H and O–H groups in total. The molecule has 1 aromatic heterocycles. The number of hydrogen-bond acceptors (Lipinski definition) is 5. The summed E-state index contributed by atoms with van der Waals surface area (Å²) in [7, 11) is 0. The number of para-hydroxylation sites is 1. The summed E-state index contributed by atoms with van der Waals surface area (Å²) in [5.41, 5.74) is 7.50. The Bertz CT molecular complexity index is 741. The van der Waals surface area contributed by atoms with Crippen LogP contribution in [0, 0.1) is 6.92 Å². The zero-order valence-corrected chi connectivity index (χ0v) is 12.1. The first kappa shape index (κ1) is 13.6. The van der Waals surface area contributed by atoms with Crippen molar-refractivity contribution in [3.63, 3.8) is 0 Å². The standard InChI is InChI=1S/C14H13N3O3S/c1-7-11(21-14(15)16-7)12(18)17-6-9(13(19)20)8-4-2-3-5-10(8)17/h2-5,9H,6H2,1H3,(H2,15,16)(H,19,20). The van der Waals surface area contributed by atoms with Crippen LogP contribution in [0.25, 0.3) is 0 Å². The van der Waals surface area contributed by atoms with Crippen molar-refractivity contribution in [3.8, 4) is 0 Å². The van der Waals surface area contributed by atoms with Crippen LogP contribution in [0.2, 0.25) is 0 Å². The van der Waals surface area contributed by atoms with Crippen molar-refractivity contribution in [1.82, 2.24) is 4.98 Å². The van der Waals surface area contributed by atoms with Crippen LogP contribution in [0.3, 0.4) is 0 Å². The molecule has 0 saturated heterocycles. The molecule has 1 amide bonds. The van der Waals surface area contributed by atoms with Gasteiger partial charge in [0, 0.05) is 12.2 Å². The Hall–Kier alpha value is -2.41. The number of amides is 1. The number of aromatic nitrogens is 1. The zero-order valence-electron chi connectivity index (χ0n) is 11.2. The number of carbonyl (C=O) groups is 2. The van der Waals surface area contributed by atoms with Crippen LogP contribution >= 0.6 is 11.3 Å². The molecule has 6 nitrogen and oxygen atoms in total. The van der Waals surface area contributed by atoms with Crippen LogP contribution in [-0.4, -0.2) is 28.5 Å². The van der Waals surface area contributed by atoms with E-state index in [0.717, 1.165) is 11.3 Å². The smallest absolute Gasteiger partial charge is 0.312 e. The zero-order chi connectivity index (χ0) is 15.1. The number of carboxylic acid groups (broad SMARTS) is 1. The van der Waals surface area contributed by atoms with Gasteiger partial charge in [-0.2, -0.15) is 0 Å². The number of aryl methyl sites for hydroxylation is 1. The molecule has 0 radical (unpaired) electrons. The number of aliphatic carboxylic acids is 1. The van der Waals surface area contributed by atoms with Crippen LogP contribution in [-0.2, 0) is 4.79 Å². The number of rotatable bonds is 2. The van der Waals surface area contributed by atoms with Crippen LogP contribution in [0.5, 0.6) is 0 Å². The van der Waals surface area contributed by atoms with E-state index in [-0.39, 0.29) is 12.5 Å². The van der Waals surface area contributed by atoms with Gasteiger partial charge in [-0.15, -0.1) is 0 Å². The quantitative estimate of drug-likeness (QED) is 0.882. The van der Waals surface area contributed by atoms with Crippen LogP contribution in [0.4, 0.5) is 10.8 Å². The Morgan fingerprint density at radius 2 is 2.14 bits per heavy atom. The molecule has 1 unspecified atom stereocenters. The minimum absolute atomic E-state index is 0.130. The second-order valence-corrected chi connectivity index (χ2v) is 5.86. The molecule has 7 heteroatoms. The lowest BCUT2D eigenvalue weighted by Gasteiger charge is -2.16. The van der Waals surface area contributed by atoms with Crippen molar-refractivity contribution in [2.75, 3.05) is 17.2 Å². The second kappa shape index (κ2) is 4.85. The molecule has 21 heavy (non-hydrogen) atoms. The molecular weight excluding hydrogens is 290 g/mol. The maximum Gasteiger partial charge on any atom is 0.312 e. The third-order valence-corrected chi connectivity index (χ3v) is 4.49. The highest BCUT2D eigenvalue weighted by molar-refractivity contribution is 7.17. The minimum atomic E-state index is -0.932. The average Bonchev–Trinajstić information content (AvgIpc) is 2.98. The summed E-state index contributed by atoms with van der Waals surface area (Å²) >= 11 is 1.12. The number of fused-ring (bicyclic) bond motifs is 1. The summed E-state index contributed by atoms with van der Waals surface area (Å²) in [4.78, 5) is 30.0. The predicted octanol–water partition coefficient (Wildman–Crippen LogP) is 1.86. The summed E-state index contributed by atoms with van der Waals surface area (Å²) in [6, 6.07) is 7.07. The molecule has 0 bridgehead atoms. The van der Waals surface area contributed by atoms with Crippen molar-refractivity contribution in [2.45, 2.75) is 12.8 Å². The molecule has 0 spiro atoms. The van der Waals surface area contributed by atoms with Gasteiger partial charge in [0.05, 0.1) is 5.69 Å². The number of carboxylic acids is 1. The SMILES string of the molecule is Cc1nc(N)sc1C(=O)N1CC(C(=O)O)c2ccccc21. The topological polar surface area (TPSA) is 96.5 Å². The number of thiazole rings is 1. The summed E-state index contributed by atoms with van der Waals surface area (Å²) in [6.07, 6.45) is 0. The lowest BCUT2D eigenvalue weighted by atomic mass is 10.0. The first-order chi connectivity index (χ1) is 9.99. The van der Waals surface area contributed by atoms with E-state index in [4.69, 9.17) is 5.73 Å². The van der Waals surface area contributed by atoms with Crippen molar-refractivity contribution >= 4 is 34.0 Å². The second-order valence-electron chi connectivity index (χ2n) is 4.83. The predicted molar refractivity (Wildman–Crippen MR) is 79.8 cm³/mol. The summed E-state index contributed by atoms with van der Waals surface area (Å²) in [6.45, 7) is 1.85. The van der Waals surface area contributed by atoms with Crippen molar-refractivity contribution in [2.24, 2.45) is 0 Å². The Kier molecular flexibility index (Phi) is 3.13. The molecule has 1 aliphatic rings. The summed E-state index contributed by atoms with van der Waals surface area (Å²) < 4.78 is 0. The lowest BCUT2D eigenvalue weighted by molar-refractivity contribution is -0.138. The summed E-state index contributed by atoms with van der Waals surface area (Å²) in [5.74, 6) is -1.88. The van der Waals surface area contributed by atoms with Gasteiger partial charge in [-0.05, 0) is 18.6 Å². The highest BCUT2D eigenvalue weighted by atomic mass is 32.1. The van der Waals surface area contributed by atoms with Gasteiger partial charge in [0.15, 0.2) is 5.13 Å². The monoisotopic (exact) mass is 303 g/mol. The van der Waals surface area contributed by atoms with Gasteiger partial charge >= 0.3 is 5.97 Å². The van der Waals surface area contributed by atoms with E-state index in [2.05, 4.69) is 4.98 Å². The third kappa shape index (κ3) is 2.15.